The van der Waals surface area contributed by atoms with Crippen LogP contribution in [0, 0.1) is 6.92 Å². The monoisotopic (exact) mass is 135 g/mol. The van der Waals surface area contributed by atoms with Gasteiger partial charge in [-0.15, -0.1) is 0 Å². The summed E-state index contributed by atoms with van der Waals surface area (Å²) in [6, 6.07) is 2.09. The number of pyridine rings is 1. The standard InChI is InChI=1S/C8H9NO/c1-6-4-7-2-3-10-8(7)5-9-6/h4-5H,2-3H2,1H3. The van der Waals surface area contributed by atoms with Gasteiger partial charge in [0, 0.05) is 17.7 Å². The smallest absolute Gasteiger partial charge is 0.140 e. The number of hydrogen-bond donors (Lipinski definition) is 0. The van der Waals surface area contributed by atoms with Gasteiger partial charge in [0.25, 0.3) is 0 Å². The van der Waals surface area contributed by atoms with E-state index in [4.69, 9.17) is 4.74 Å². The number of nitrogens with zero attached hydrogens (tertiary/aromatic N) is 1. The van der Waals surface area contributed by atoms with Crippen LogP contribution in [0.2, 0.25) is 0 Å². The molecule has 0 saturated carbocycles. The lowest BCUT2D eigenvalue weighted by Crippen LogP contribution is -1.86. The molecule has 0 radical (unpaired) electrons. The van der Waals surface area contributed by atoms with E-state index < -0.39 is 0 Å². The maximum Gasteiger partial charge on any atom is 0.140 e. The van der Waals surface area contributed by atoms with E-state index in [-0.39, 0.29) is 0 Å². The summed E-state index contributed by atoms with van der Waals surface area (Å²) in [6.07, 6.45) is 2.84. The second-order valence-electron chi connectivity index (χ2n) is 2.53. The van der Waals surface area contributed by atoms with Crippen molar-refractivity contribution in [2.24, 2.45) is 0 Å². The Balaban J connectivity index is 2.52. The Morgan fingerprint density at radius 3 is 3.40 bits per heavy atom. The highest BCUT2D eigenvalue weighted by molar-refractivity contribution is 5.34. The molecule has 0 aromatic carbocycles. The van der Waals surface area contributed by atoms with Gasteiger partial charge in [0.1, 0.15) is 5.75 Å². The van der Waals surface area contributed by atoms with Crippen molar-refractivity contribution in [1.82, 2.24) is 4.98 Å². The Bertz CT molecular complexity index is 257. The lowest BCUT2D eigenvalue weighted by Gasteiger charge is -1.96. The summed E-state index contributed by atoms with van der Waals surface area (Å²) in [5.41, 5.74) is 2.37. The van der Waals surface area contributed by atoms with Gasteiger partial charge in [-0.05, 0) is 13.0 Å². The molecule has 0 aliphatic carbocycles. The maximum absolute atomic E-state index is 5.29. The normalized spacial score (nSPS) is 14.5. The Kier molecular flexibility index (Phi) is 1.13. The summed E-state index contributed by atoms with van der Waals surface area (Å²) in [5, 5.41) is 0. The van der Waals surface area contributed by atoms with Gasteiger partial charge in [-0.2, -0.15) is 0 Å². The van der Waals surface area contributed by atoms with Crippen molar-refractivity contribution >= 4 is 0 Å². The number of hydrogen-bond acceptors (Lipinski definition) is 2. The maximum atomic E-state index is 5.29. The SMILES string of the molecule is Cc1cc2c(cn1)OCC2. The molecule has 1 aromatic heterocycles. The van der Waals surface area contributed by atoms with Gasteiger partial charge in [0.05, 0.1) is 12.8 Å². The van der Waals surface area contributed by atoms with Crippen LogP contribution in [0.15, 0.2) is 12.3 Å². The highest BCUT2D eigenvalue weighted by Gasteiger charge is 2.10. The quantitative estimate of drug-likeness (QED) is 0.535. The second-order valence-corrected chi connectivity index (χ2v) is 2.53. The fourth-order valence-electron chi connectivity index (χ4n) is 1.20. The Morgan fingerprint density at radius 1 is 1.60 bits per heavy atom. The van der Waals surface area contributed by atoms with Crippen molar-refractivity contribution in [2.45, 2.75) is 13.3 Å². The third-order valence-corrected chi connectivity index (χ3v) is 1.71. The Hall–Kier alpha value is -1.05. The minimum atomic E-state index is 0.820. The van der Waals surface area contributed by atoms with Crippen molar-refractivity contribution in [3.63, 3.8) is 0 Å². The van der Waals surface area contributed by atoms with E-state index in [9.17, 15) is 0 Å². The molecule has 52 valence electrons. The molecule has 0 atom stereocenters. The number of rotatable bonds is 0. The number of ether oxygens (including phenoxy) is 1. The molecule has 0 spiro atoms. The average Bonchev–Trinajstić information content (AvgIpc) is 2.33. The predicted molar refractivity (Wildman–Crippen MR) is 38.2 cm³/mol. The first-order valence-corrected chi connectivity index (χ1v) is 3.44. The highest BCUT2D eigenvalue weighted by atomic mass is 16.5. The summed E-state index contributed by atoms with van der Waals surface area (Å²) in [6.45, 7) is 2.82. The third-order valence-electron chi connectivity index (χ3n) is 1.71. The number of aromatic nitrogens is 1. The van der Waals surface area contributed by atoms with E-state index in [1.165, 1.54) is 5.56 Å². The van der Waals surface area contributed by atoms with Crippen LogP contribution in [0.3, 0.4) is 0 Å². The molecule has 2 nitrogen and oxygen atoms in total. The summed E-state index contributed by atoms with van der Waals surface area (Å²) in [5.74, 6) is 0.964. The van der Waals surface area contributed by atoms with E-state index in [2.05, 4.69) is 11.1 Å². The zero-order valence-corrected chi connectivity index (χ0v) is 5.92. The molecule has 1 aliphatic heterocycles. The molecular formula is C8H9NO. The van der Waals surface area contributed by atoms with Crippen LogP contribution in [0.25, 0.3) is 0 Å². The molecule has 0 saturated heterocycles. The summed E-state index contributed by atoms with van der Waals surface area (Å²) >= 11 is 0. The molecule has 2 rings (SSSR count). The van der Waals surface area contributed by atoms with Crippen LogP contribution in [-0.2, 0) is 6.42 Å². The van der Waals surface area contributed by atoms with Gasteiger partial charge >= 0.3 is 0 Å². The van der Waals surface area contributed by atoms with Crippen LogP contribution in [-0.4, -0.2) is 11.6 Å². The molecule has 0 unspecified atom stereocenters. The molecule has 1 aromatic rings. The molecule has 0 N–H and O–H groups in total. The zero-order chi connectivity index (χ0) is 6.97. The summed E-state index contributed by atoms with van der Waals surface area (Å²) in [4.78, 5) is 4.13. The first-order chi connectivity index (χ1) is 4.86. The average molecular weight is 135 g/mol. The van der Waals surface area contributed by atoms with E-state index >= 15 is 0 Å². The lowest BCUT2D eigenvalue weighted by molar-refractivity contribution is 0.355. The fraction of sp³-hybridized carbons (Fsp3) is 0.375. The Morgan fingerprint density at radius 2 is 2.50 bits per heavy atom. The largest absolute Gasteiger partial charge is 0.491 e. The van der Waals surface area contributed by atoms with E-state index in [0.29, 0.717) is 0 Å². The van der Waals surface area contributed by atoms with Gasteiger partial charge in [0.15, 0.2) is 0 Å². The van der Waals surface area contributed by atoms with Crippen molar-refractivity contribution in [1.29, 1.82) is 0 Å². The van der Waals surface area contributed by atoms with Crippen molar-refractivity contribution < 1.29 is 4.74 Å². The van der Waals surface area contributed by atoms with E-state index in [1.54, 1.807) is 6.20 Å². The summed E-state index contributed by atoms with van der Waals surface area (Å²) < 4.78 is 5.29. The molecule has 2 heteroatoms. The molecule has 2 heterocycles. The molecular weight excluding hydrogens is 126 g/mol. The van der Waals surface area contributed by atoms with Crippen molar-refractivity contribution in [3.05, 3.63) is 23.5 Å². The van der Waals surface area contributed by atoms with Crippen molar-refractivity contribution in [3.8, 4) is 5.75 Å². The highest BCUT2D eigenvalue weighted by Crippen LogP contribution is 2.23. The second kappa shape index (κ2) is 1.97. The van der Waals surface area contributed by atoms with Gasteiger partial charge in [-0.25, -0.2) is 0 Å². The van der Waals surface area contributed by atoms with E-state index in [1.807, 2.05) is 6.92 Å². The molecule has 0 bridgehead atoms. The Labute approximate surface area is 59.9 Å². The van der Waals surface area contributed by atoms with Crippen LogP contribution in [0.4, 0.5) is 0 Å². The minimum Gasteiger partial charge on any atom is -0.491 e. The third kappa shape index (κ3) is 0.764. The van der Waals surface area contributed by atoms with E-state index in [0.717, 1.165) is 24.5 Å². The number of aryl methyl sites for hydroxylation is 1. The fourth-order valence-corrected chi connectivity index (χ4v) is 1.20. The lowest BCUT2D eigenvalue weighted by atomic mass is 10.2. The molecule has 1 aliphatic rings. The van der Waals surface area contributed by atoms with Crippen LogP contribution >= 0.6 is 0 Å². The zero-order valence-electron chi connectivity index (χ0n) is 5.92. The van der Waals surface area contributed by atoms with Crippen LogP contribution in [0.5, 0.6) is 5.75 Å². The summed E-state index contributed by atoms with van der Waals surface area (Å²) in [7, 11) is 0. The van der Waals surface area contributed by atoms with Crippen LogP contribution < -0.4 is 4.74 Å². The van der Waals surface area contributed by atoms with Gasteiger partial charge in [0.2, 0.25) is 0 Å². The van der Waals surface area contributed by atoms with Gasteiger partial charge < -0.3 is 4.74 Å². The molecule has 10 heavy (non-hydrogen) atoms. The van der Waals surface area contributed by atoms with Crippen LogP contribution in [0.1, 0.15) is 11.3 Å². The molecule has 0 fully saturated rings. The topological polar surface area (TPSA) is 22.1 Å². The van der Waals surface area contributed by atoms with Gasteiger partial charge in [-0.1, -0.05) is 0 Å². The molecule has 0 amide bonds. The number of fused-ring (bicyclic) bond motifs is 1. The van der Waals surface area contributed by atoms with Crippen molar-refractivity contribution in [2.75, 3.05) is 6.61 Å². The predicted octanol–water partition coefficient (Wildman–Crippen LogP) is 1.32. The van der Waals surface area contributed by atoms with Gasteiger partial charge in [-0.3, -0.25) is 4.98 Å². The first kappa shape index (κ1) is 5.71. The minimum absolute atomic E-state index is 0.820. The first-order valence-electron chi connectivity index (χ1n) is 3.44.